The Morgan fingerprint density at radius 1 is 1.00 bits per heavy atom. The first-order valence-corrected chi connectivity index (χ1v) is 13.0. The van der Waals surface area contributed by atoms with Gasteiger partial charge in [-0.2, -0.15) is 13.2 Å². The zero-order valence-corrected chi connectivity index (χ0v) is 21.8. The molecule has 1 aliphatic rings. The lowest BCUT2D eigenvalue weighted by Crippen LogP contribution is -2.43. The number of benzene rings is 2. The second kappa shape index (κ2) is 9.80. The van der Waals surface area contributed by atoms with E-state index in [2.05, 4.69) is 4.98 Å². The number of alkyl halides is 3. The minimum Gasteiger partial charge on any atom is -0.310 e. The van der Waals surface area contributed by atoms with Crippen LogP contribution in [0.5, 0.6) is 0 Å². The maximum atomic E-state index is 13.3. The number of nitrogens with zero attached hydrogens (tertiary/aromatic N) is 4. The van der Waals surface area contributed by atoms with Crippen molar-refractivity contribution in [2.45, 2.75) is 36.3 Å². The Hall–Kier alpha value is -4.26. The number of carbonyl (C=O) groups excluding carboxylic acids is 3. The lowest BCUT2D eigenvalue weighted by Gasteiger charge is -2.27. The van der Waals surface area contributed by atoms with E-state index in [1.807, 2.05) is 6.07 Å². The van der Waals surface area contributed by atoms with E-state index in [-0.39, 0.29) is 23.8 Å². The van der Waals surface area contributed by atoms with Gasteiger partial charge in [0, 0.05) is 25.5 Å². The van der Waals surface area contributed by atoms with Crippen molar-refractivity contribution in [1.82, 2.24) is 9.88 Å². The lowest BCUT2D eigenvalue weighted by atomic mass is 10.0. The first-order chi connectivity index (χ1) is 18.2. The van der Waals surface area contributed by atoms with Crippen molar-refractivity contribution < 1.29 is 36.0 Å². The Morgan fingerprint density at radius 3 is 2.21 bits per heavy atom. The van der Waals surface area contributed by atoms with Gasteiger partial charge in [-0.15, -0.1) is 0 Å². The van der Waals surface area contributed by atoms with Crippen LogP contribution in [-0.4, -0.2) is 54.2 Å². The molecule has 0 bridgehead atoms. The van der Waals surface area contributed by atoms with Gasteiger partial charge in [-0.3, -0.25) is 14.6 Å². The molecule has 2 aromatic carbocycles. The number of urea groups is 1. The number of hydrogen-bond donors (Lipinski definition) is 0. The minimum absolute atomic E-state index is 0.0769. The highest BCUT2D eigenvalue weighted by Gasteiger charge is 2.52. The average Bonchev–Trinajstić information content (AvgIpc) is 3.07. The van der Waals surface area contributed by atoms with Crippen LogP contribution in [0.3, 0.4) is 0 Å². The van der Waals surface area contributed by atoms with Gasteiger partial charge in [0.05, 0.1) is 10.6 Å². The van der Waals surface area contributed by atoms with Gasteiger partial charge >= 0.3 is 11.5 Å². The molecule has 1 fully saturated rings. The molecule has 4 amide bonds. The van der Waals surface area contributed by atoms with Gasteiger partial charge in [0.1, 0.15) is 11.2 Å². The molecule has 13 heteroatoms. The highest BCUT2D eigenvalue weighted by atomic mass is 32.2. The first-order valence-electron chi connectivity index (χ1n) is 11.5. The molecule has 0 aliphatic carbocycles. The summed E-state index contributed by atoms with van der Waals surface area (Å²) in [6.07, 6.45) is 1.41. The zero-order chi connectivity index (χ0) is 28.8. The number of carbonyl (C=O) groups is 3. The van der Waals surface area contributed by atoms with E-state index in [4.69, 9.17) is 0 Å². The van der Waals surface area contributed by atoms with Gasteiger partial charge in [0.25, 0.3) is 21.7 Å². The van der Waals surface area contributed by atoms with Crippen molar-refractivity contribution in [3.05, 3.63) is 84.2 Å². The fraction of sp³-hybridized carbons (Fsp3) is 0.231. The smallest absolute Gasteiger partial charge is 0.310 e. The number of sulfone groups is 1. The lowest BCUT2D eigenvalue weighted by molar-refractivity contribution is -0.123. The monoisotopic (exact) mass is 560 g/mol. The average molecular weight is 561 g/mol. The van der Waals surface area contributed by atoms with Gasteiger partial charge in [-0.05, 0) is 67.9 Å². The number of amides is 4. The number of hydrogen-bond acceptors (Lipinski definition) is 6. The summed E-state index contributed by atoms with van der Waals surface area (Å²) in [5.41, 5.74) is -5.65. The van der Waals surface area contributed by atoms with E-state index in [0.29, 0.717) is 23.4 Å². The summed E-state index contributed by atoms with van der Waals surface area (Å²) in [4.78, 5) is 46.1. The van der Waals surface area contributed by atoms with Crippen molar-refractivity contribution >= 4 is 39.1 Å². The predicted octanol–water partition coefficient (Wildman–Crippen LogP) is 4.40. The molecular formula is C26H23F3N4O5S. The van der Waals surface area contributed by atoms with Crippen LogP contribution in [0, 0.1) is 0 Å². The van der Waals surface area contributed by atoms with E-state index >= 15 is 0 Å². The summed E-state index contributed by atoms with van der Waals surface area (Å²) < 4.78 is 61.9. The van der Waals surface area contributed by atoms with Crippen molar-refractivity contribution in [3.8, 4) is 0 Å². The molecule has 9 nitrogen and oxygen atoms in total. The topological polar surface area (TPSA) is 108 Å². The highest BCUT2D eigenvalue weighted by Crippen LogP contribution is 2.35. The third-order valence-electron chi connectivity index (χ3n) is 6.37. The molecule has 0 unspecified atom stereocenters. The fourth-order valence-electron chi connectivity index (χ4n) is 4.05. The number of pyridine rings is 1. The van der Waals surface area contributed by atoms with Gasteiger partial charge in [-0.25, -0.2) is 18.1 Å². The zero-order valence-electron chi connectivity index (χ0n) is 21.0. The molecule has 204 valence electrons. The second-order valence-corrected chi connectivity index (χ2v) is 11.2. The number of para-hydroxylation sites is 1. The SMILES string of the molecule is CN(C(=O)c1cc(CN2C(=O)N(c3ccc(S(=O)(=O)C(F)(F)F)cc3)C(=O)C2(C)C)ccn1)c1ccccc1. The van der Waals surface area contributed by atoms with Crippen molar-refractivity contribution in [2.75, 3.05) is 16.8 Å². The Morgan fingerprint density at radius 2 is 1.62 bits per heavy atom. The van der Waals surface area contributed by atoms with Gasteiger partial charge in [0.2, 0.25) is 0 Å². The highest BCUT2D eigenvalue weighted by molar-refractivity contribution is 7.92. The predicted molar refractivity (Wildman–Crippen MR) is 136 cm³/mol. The Bertz CT molecular complexity index is 1540. The third kappa shape index (κ3) is 4.97. The molecule has 0 radical (unpaired) electrons. The molecule has 3 aromatic rings. The van der Waals surface area contributed by atoms with Gasteiger partial charge in [-0.1, -0.05) is 18.2 Å². The van der Waals surface area contributed by atoms with Crippen molar-refractivity contribution in [2.24, 2.45) is 0 Å². The van der Waals surface area contributed by atoms with E-state index < -0.39 is 37.7 Å². The summed E-state index contributed by atoms with van der Waals surface area (Å²) in [6.45, 7) is 2.94. The van der Waals surface area contributed by atoms with Crippen LogP contribution in [0.1, 0.15) is 29.9 Å². The van der Waals surface area contributed by atoms with E-state index in [1.165, 1.54) is 35.9 Å². The summed E-state index contributed by atoms with van der Waals surface area (Å²) in [7, 11) is -3.99. The maximum absolute atomic E-state index is 13.3. The Kier molecular flexibility index (Phi) is 6.98. The van der Waals surface area contributed by atoms with Crippen LogP contribution in [0.25, 0.3) is 0 Å². The molecular weight excluding hydrogens is 537 g/mol. The first kappa shape index (κ1) is 27.8. The number of halogens is 3. The number of anilines is 2. The van der Waals surface area contributed by atoms with Crippen LogP contribution in [-0.2, 0) is 21.2 Å². The molecule has 1 aromatic heterocycles. The third-order valence-corrected chi connectivity index (χ3v) is 7.87. The minimum atomic E-state index is -5.59. The normalized spacial score (nSPS) is 15.5. The van der Waals surface area contributed by atoms with Crippen LogP contribution in [0.2, 0.25) is 0 Å². The number of imide groups is 1. The largest absolute Gasteiger partial charge is 0.501 e. The van der Waals surface area contributed by atoms with E-state index in [9.17, 15) is 36.0 Å². The summed E-state index contributed by atoms with van der Waals surface area (Å²) in [6, 6.07) is 14.6. The van der Waals surface area contributed by atoms with Crippen molar-refractivity contribution in [1.29, 1.82) is 0 Å². The second-order valence-electron chi connectivity index (χ2n) is 9.26. The summed E-state index contributed by atoms with van der Waals surface area (Å²) >= 11 is 0. The molecule has 1 saturated heterocycles. The van der Waals surface area contributed by atoms with E-state index in [1.54, 1.807) is 37.4 Å². The molecule has 39 heavy (non-hydrogen) atoms. The quantitative estimate of drug-likeness (QED) is 0.414. The summed E-state index contributed by atoms with van der Waals surface area (Å²) in [5.74, 6) is -1.05. The van der Waals surface area contributed by atoms with Gasteiger partial charge < -0.3 is 9.80 Å². The fourth-order valence-corrected chi connectivity index (χ4v) is 4.81. The van der Waals surface area contributed by atoms with Crippen LogP contribution in [0.15, 0.2) is 77.8 Å². The maximum Gasteiger partial charge on any atom is 0.501 e. The molecule has 2 heterocycles. The standard InChI is InChI=1S/C26H23F3N4O5S/c1-25(2)23(35)33(19-9-11-20(12-10-19)39(37,38)26(27,28)29)24(36)32(25)16-17-13-14-30-21(15-17)22(34)31(3)18-7-5-4-6-8-18/h4-15H,16H2,1-3H3. The Labute approximate surface area is 222 Å². The molecule has 0 N–H and O–H groups in total. The number of aromatic nitrogens is 1. The van der Waals surface area contributed by atoms with Crippen molar-refractivity contribution in [3.63, 3.8) is 0 Å². The van der Waals surface area contributed by atoms with Crippen LogP contribution in [0.4, 0.5) is 29.3 Å². The van der Waals surface area contributed by atoms with Crippen LogP contribution < -0.4 is 9.80 Å². The molecule has 0 spiro atoms. The number of rotatable bonds is 6. The molecule has 0 saturated carbocycles. The van der Waals surface area contributed by atoms with Crippen LogP contribution >= 0.6 is 0 Å². The van der Waals surface area contributed by atoms with Gasteiger partial charge in [0.15, 0.2) is 0 Å². The molecule has 4 rings (SSSR count). The summed E-state index contributed by atoms with van der Waals surface area (Å²) in [5, 5.41) is 0. The Balaban J connectivity index is 1.58. The molecule has 0 atom stereocenters. The molecule has 1 aliphatic heterocycles. The van der Waals surface area contributed by atoms with E-state index in [0.717, 1.165) is 17.0 Å².